The van der Waals surface area contributed by atoms with Gasteiger partial charge >= 0.3 is 0 Å². The van der Waals surface area contributed by atoms with Gasteiger partial charge in [0, 0.05) is 5.92 Å². The van der Waals surface area contributed by atoms with Crippen molar-refractivity contribution in [2.45, 2.75) is 19.3 Å². The van der Waals surface area contributed by atoms with E-state index in [9.17, 15) is 0 Å². The molecule has 0 amide bonds. The van der Waals surface area contributed by atoms with Crippen LogP contribution in [-0.2, 0) is 0 Å². The van der Waals surface area contributed by atoms with Crippen molar-refractivity contribution < 1.29 is 0 Å². The zero-order valence-corrected chi connectivity index (χ0v) is 9.27. The van der Waals surface area contributed by atoms with Gasteiger partial charge in [-0.15, -0.1) is 0 Å². The quantitative estimate of drug-likeness (QED) is 0.622. The molecule has 14 heavy (non-hydrogen) atoms. The van der Waals surface area contributed by atoms with Crippen LogP contribution in [0.3, 0.4) is 0 Å². The number of nitrogens with one attached hydrogen (secondary N) is 1. The maximum absolute atomic E-state index is 3.43. The van der Waals surface area contributed by atoms with Gasteiger partial charge in [-0.25, -0.2) is 0 Å². The number of nitrogens with zero attached hydrogens (tertiary/aromatic N) is 1. The molecular weight excluding hydrogens is 172 g/mol. The van der Waals surface area contributed by atoms with E-state index in [1.54, 1.807) is 0 Å². The molecule has 0 bridgehead atoms. The maximum atomic E-state index is 3.43. The van der Waals surface area contributed by atoms with E-state index in [2.05, 4.69) is 36.2 Å². The van der Waals surface area contributed by atoms with E-state index in [0.717, 1.165) is 6.54 Å². The summed E-state index contributed by atoms with van der Waals surface area (Å²) in [5.74, 6) is 7.42. The number of hydrogen-bond acceptors (Lipinski definition) is 2. The van der Waals surface area contributed by atoms with Gasteiger partial charge in [-0.2, -0.15) is 0 Å². The minimum Gasteiger partial charge on any atom is -0.317 e. The summed E-state index contributed by atoms with van der Waals surface area (Å²) in [6, 6.07) is 0. The van der Waals surface area contributed by atoms with Crippen molar-refractivity contribution >= 4 is 0 Å². The number of piperidine rings is 1. The summed E-state index contributed by atoms with van der Waals surface area (Å²) < 4.78 is 0. The summed E-state index contributed by atoms with van der Waals surface area (Å²) in [7, 11) is 4.14. The normalized spacial score (nSPS) is 28.6. The van der Waals surface area contributed by atoms with Crippen molar-refractivity contribution in [3.8, 4) is 11.8 Å². The Balaban J connectivity index is 1.81. The van der Waals surface area contributed by atoms with Gasteiger partial charge in [-0.05, 0) is 51.9 Å². The Bertz CT molecular complexity index is 253. The Hall–Kier alpha value is -0.520. The number of hydrogen-bond donors (Lipinski definition) is 1. The molecule has 1 heterocycles. The van der Waals surface area contributed by atoms with E-state index in [1.165, 1.54) is 32.4 Å². The highest BCUT2D eigenvalue weighted by atomic mass is 15.0. The van der Waals surface area contributed by atoms with Crippen LogP contribution < -0.4 is 5.32 Å². The number of rotatable bonds is 1. The van der Waals surface area contributed by atoms with Gasteiger partial charge < -0.3 is 5.32 Å². The van der Waals surface area contributed by atoms with E-state index in [0.29, 0.717) is 11.3 Å². The van der Waals surface area contributed by atoms with Crippen molar-refractivity contribution in [3.63, 3.8) is 0 Å². The van der Waals surface area contributed by atoms with Gasteiger partial charge in [-0.3, -0.25) is 4.90 Å². The molecule has 1 saturated heterocycles. The van der Waals surface area contributed by atoms with Crippen LogP contribution in [0.4, 0.5) is 0 Å². The van der Waals surface area contributed by atoms with Crippen molar-refractivity contribution in [1.29, 1.82) is 0 Å². The Kier molecular flexibility index (Phi) is 2.80. The van der Waals surface area contributed by atoms with Crippen molar-refractivity contribution in [3.05, 3.63) is 0 Å². The lowest BCUT2D eigenvalue weighted by molar-refractivity contribution is 0.339. The molecule has 1 aliphatic carbocycles. The van der Waals surface area contributed by atoms with E-state index in [-0.39, 0.29) is 0 Å². The molecule has 2 nitrogen and oxygen atoms in total. The van der Waals surface area contributed by atoms with Crippen LogP contribution in [0, 0.1) is 23.2 Å². The summed E-state index contributed by atoms with van der Waals surface area (Å²) in [5, 5.41) is 3.42. The van der Waals surface area contributed by atoms with Crippen LogP contribution in [0.5, 0.6) is 0 Å². The molecule has 2 rings (SSSR count). The first kappa shape index (κ1) is 10.0. The highest BCUT2D eigenvalue weighted by Gasteiger charge is 2.52. The molecule has 1 N–H and O–H groups in total. The van der Waals surface area contributed by atoms with Gasteiger partial charge in [-0.1, -0.05) is 11.8 Å². The zero-order valence-electron chi connectivity index (χ0n) is 9.27. The second kappa shape index (κ2) is 3.92. The SMILES string of the molecule is CN(C)CC#CC1CC12CCNCC2. The zero-order chi connectivity index (χ0) is 10.0. The fourth-order valence-corrected chi connectivity index (χ4v) is 2.36. The minimum atomic E-state index is 0.630. The first-order valence-corrected chi connectivity index (χ1v) is 5.57. The molecule has 2 aliphatic rings. The van der Waals surface area contributed by atoms with E-state index >= 15 is 0 Å². The molecule has 1 unspecified atom stereocenters. The highest BCUT2D eigenvalue weighted by Crippen LogP contribution is 2.58. The lowest BCUT2D eigenvalue weighted by Gasteiger charge is -2.22. The Labute approximate surface area is 87.1 Å². The summed E-state index contributed by atoms with van der Waals surface area (Å²) in [5.41, 5.74) is 0.630. The van der Waals surface area contributed by atoms with Gasteiger partial charge in [0.05, 0.1) is 6.54 Å². The Morgan fingerprint density at radius 1 is 1.36 bits per heavy atom. The summed E-state index contributed by atoms with van der Waals surface area (Å²) in [6.07, 6.45) is 4.04. The summed E-state index contributed by atoms with van der Waals surface area (Å²) in [6.45, 7) is 3.31. The second-order valence-electron chi connectivity index (χ2n) is 4.93. The molecular formula is C12H20N2. The van der Waals surface area contributed by atoms with Crippen LogP contribution in [0.25, 0.3) is 0 Å². The van der Waals surface area contributed by atoms with Gasteiger partial charge in [0.1, 0.15) is 0 Å². The highest BCUT2D eigenvalue weighted by molar-refractivity contribution is 5.20. The molecule has 0 aromatic carbocycles. The van der Waals surface area contributed by atoms with E-state index in [1.807, 2.05) is 0 Å². The average Bonchev–Trinajstić information content (AvgIpc) is 2.79. The summed E-state index contributed by atoms with van der Waals surface area (Å²) >= 11 is 0. The molecule has 1 aliphatic heterocycles. The monoisotopic (exact) mass is 192 g/mol. The van der Waals surface area contributed by atoms with Crippen LogP contribution in [-0.4, -0.2) is 38.6 Å². The lowest BCUT2D eigenvalue weighted by atomic mass is 9.92. The molecule has 1 atom stereocenters. The molecule has 0 aromatic rings. The standard InChI is InChI=1S/C12H20N2/c1-14(2)9-3-4-11-10-12(11)5-7-13-8-6-12/h11,13H,5-10H2,1-2H3. The average molecular weight is 192 g/mol. The molecule has 1 spiro atoms. The fourth-order valence-electron chi connectivity index (χ4n) is 2.36. The van der Waals surface area contributed by atoms with Crippen molar-refractivity contribution in [2.75, 3.05) is 33.7 Å². The smallest absolute Gasteiger partial charge is 0.0596 e. The van der Waals surface area contributed by atoms with Crippen LogP contribution in [0.15, 0.2) is 0 Å². The third kappa shape index (κ3) is 2.10. The molecule has 0 radical (unpaired) electrons. The second-order valence-corrected chi connectivity index (χ2v) is 4.93. The van der Waals surface area contributed by atoms with Gasteiger partial charge in [0.15, 0.2) is 0 Å². The van der Waals surface area contributed by atoms with Crippen LogP contribution in [0.2, 0.25) is 0 Å². The predicted molar refractivity (Wildman–Crippen MR) is 59.0 cm³/mol. The lowest BCUT2D eigenvalue weighted by Crippen LogP contribution is -2.29. The van der Waals surface area contributed by atoms with E-state index < -0.39 is 0 Å². The first-order chi connectivity index (χ1) is 6.73. The fraction of sp³-hybridized carbons (Fsp3) is 0.833. The van der Waals surface area contributed by atoms with Crippen molar-refractivity contribution in [1.82, 2.24) is 10.2 Å². The topological polar surface area (TPSA) is 15.3 Å². The maximum Gasteiger partial charge on any atom is 0.0596 e. The Morgan fingerprint density at radius 3 is 2.71 bits per heavy atom. The molecule has 78 valence electrons. The largest absolute Gasteiger partial charge is 0.317 e. The van der Waals surface area contributed by atoms with Crippen molar-refractivity contribution in [2.24, 2.45) is 11.3 Å². The molecule has 0 aromatic heterocycles. The third-order valence-electron chi connectivity index (χ3n) is 3.46. The van der Waals surface area contributed by atoms with Crippen LogP contribution >= 0.6 is 0 Å². The predicted octanol–water partition coefficient (Wildman–Crippen LogP) is 0.941. The van der Waals surface area contributed by atoms with E-state index in [4.69, 9.17) is 0 Å². The van der Waals surface area contributed by atoms with Gasteiger partial charge in [0.2, 0.25) is 0 Å². The molecule has 1 saturated carbocycles. The Morgan fingerprint density at radius 2 is 2.07 bits per heavy atom. The van der Waals surface area contributed by atoms with Crippen LogP contribution in [0.1, 0.15) is 19.3 Å². The minimum absolute atomic E-state index is 0.630. The molecule has 2 heteroatoms. The third-order valence-corrected chi connectivity index (χ3v) is 3.46. The summed E-state index contributed by atoms with van der Waals surface area (Å²) in [4.78, 5) is 2.13. The molecule has 2 fully saturated rings. The van der Waals surface area contributed by atoms with Gasteiger partial charge in [0.25, 0.3) is 0 Å². The first-order valence-electron chi connectivity index (χ1n) is 5.57.